The van der Waals surface area contributed by atoms with E-state index in [1.54, 1.807) is 6.33 Å². The molecule has 7 nitrogen and oxygen atoms in total. The Labute approximate surface area is 257 Å². The van der Waals surface area contributed by atoms with Gasteiger partial charge in [-0.2, -0.15) is 4.99 Å². The fourth-order valence-electron chi connectivity index (χ4n) is 5.94. The van der Waals surface area contributed by atoms with Crippen molar-refractivity contribution in [2.24, 2.45) is 10.7 Å². The molecule has 43 heavy (non-hydrogen) atoms. The van der Waals surface area contributed by atoms with Crippen LogP contribution in [-0.4, -0.2) is 32.5 Å². The molecule has 2 aromatic heterocycles. The van der Waals surface area contributed by atoms with Crippen LogP contribution in [0.15, 0.2) is 108 Å². The molecular formula is C34H24Cl2N6O. The van der Waals surface area contributed by atoms with Crippen molar-refractivity contribution in [3.05, 3.63) is 136 Å². The first-order valence-corrected chi connectivity index (χ1v) is 14.4. The number of benzene rings is 4. The maximum absolute atomic E-state index is 14.0. The van der Waals surface area contributed by atoms with Gasteiger partial charge >= 0.3 is 0 Å². The van der Waals surface area contributed by atoms with Crippen molar-refractivity contribution in [2.45, 2.75) is 12.0 Å². The minimum absolute atomic E-state index is 0.0296. The van der Waals surface area contributed by atoms with Gasteiger partial charge in [0.25, 0.3) is 5.91 Å². The smallest absolute Gasteiger partial charge is 0.295 e. The van der Waals surface area contributed by atoms with Crippen LogP contribution in [0.2, 0.25) is 10.0 Å². The lowest BCUT2D eigenvalue weighted by Crippen LogP contribution is -2.24. The molecule has 0 fully saturated rings. The number of halogens is 2. The number of amides is 1. The Bertz CT molecular complexity index is 2050. The fourth-order valence-corrected chi connectivity index (χ4v) is 6.30. The standard InChI is InChI=1S/C34H24Cl2N6O/c35-22-13-11-21(12-14-22)31-24-15-23(36)16-26-27(24)28(32-29(39-18-42(31)32)20-9-5-2-6-10-20)30(40-26)34(43)41-33(38)25(17-37)19-7-3-1-4-8-19/h1-18,25,31,37,40H,(H2,38,41,43). The Morgan fingerprint density at radius 2 is 1.67 bits per heavy atom. The number of aromatic amines is 1. The van der Waals surface area contributed by atoms with Crippen LogP contribution in [-0.2, 0) is 0 Å². The van der Waals surface area contributed by atoms with Gasteiger partial charge in [0.2, 0.25) is 0 Å². The molecule has 3 heterocycles. The minimum Gasteiger partial charge on any atom is -0.386 e. The van der Waals surface area contributed by atoms with Gasteiger partial charge in [0, 0.05) is 38.3 Å². The van der Waals surface area contributed by atoms with Crippen LogP contribution < -0.4 is 5.73 Å². The lowest BCUT2D eigenvalue weighted by molar-refractivity contribution is 0.0999. The summed E-state index contributed by atoms with van der Waals surface area (Å²) >= 11 is 12.9. The zero-order chi connectivity index (χ0) is 29.7. The number of fused-ring (bicyclic) bond motifs is 2. The van der Waals surface area contributed by atoms with Crippen molar-refractivity contribution >= 4 is 52.1 Å². The van der Waals surface area contributed by atoms with E-state index in [1.807, 2.05) is 97.1 Å². The van der Waals surface area contributed by atoms with Crippen molar-refractivity contribution in [3.8, 4) is 22.5 Å². The zero-order valence-electron chi connectivity index (χ0n) is 22.6. The number of nitrogens with zero attached hydrogens (tertiary/aromatic N) is 3. The Balaban J connectivity index is 1.48. The first-order chi connectivity index (χ1) is 20.9. The van der Waals surface area contributed by atoms with Crippen molar-refractivity contribution in [3.63, 3.8) is 0 Å². The van der Waals surface area contributed by atoms with Crippen LogP contribution >= 0.6 is 23.2 Å². The molecule has 7 rings (SSSR count). The first-order valence-electron chi connectivity index (χ1n) is 13.6. The van der Waals surface area contributed by atoms with Crippen LogP contribution in [0.25, 0.3) is 33.4 Å². The first kappa shape index (κ1) is 26.9. The fraction of sp³-hybridized carbons (Fsp3) is 0.0588. The third-order valence-electron chi connectivity index (χ3n) is 7.82. The van der Waals surface area contributed by atoms with Crippen molar-refractivity contribution in [1.82, 2.24) is 14.5 Å². The van der Waals surface area contributed by atoms with Gasteiger partial charge in [0.05, 0.1) is 29.7 Å². The number of aliphatic imine (C=N–C) groups is 1. The van der Waals surface area contributed by atoms with E-state index in [0.717, 1.165) is 39.0 Å². The van der Waals surface area contributed by atoms with Gasteiger partial charge in [0.15, 0.2) is 0 Å². The third kappa shape index (κ3) is 4.54. The van der Waals surface area contributed by atoms with E-state index in [2.05, 4.69) is 14.5 Å². The number of imidazole rings is 1. The molecule has 0 bridgehead atoms. The van der Waals surface area contributed by atoms with E-state index in [9.17, 15) is 4.79 Å². The number of nitrogens with one attached hydrogen (secondary N) is 2. The molecule has 4 N–H and O–H groups in total. The number of aromatic nitrogens is 3. The van der Waals surface area contributed by atoms with Crippen molar-refractivity contribution in [2.75, 3.05) is 0 Å². The molecule has 2 unspecified atom stereocenters. The van der Waals surface area contributed by atoms with Crippen molar-refractivity contribution in [1.29, 1.82) is 5.41 Å². The van der Waals surface area contributed by atoms with E-state index in [4.69, 9.17) is 39.3 Å². The molecule has 0 aliphatic carbocycles. The summed E-state index contributed by atoms with van der Waals surface area (Å²) in [6.07, 6.45) is 2.99. The lowest BCUT2D eigenvalue weighted by Gasteiger charge is -2.28. The molecular weight excluding hydrogens is 579 g/mol. The predicted octanol–water partition coefficient (Wildman–Crippen LogP) is 7.89. The summed E-state index contributed by atoms with van der Waals surface area (Å²) < 4.78 is 2.07. The molecule has 210 valence electrons. The van der Waals surface area contributed by atoms with Crippen LogP contribution in [0, 0.1) is 5.41 Å². The van der Waals surface area contributed by atoms with E-state index in [0.29, 0.717) is 21.1 Å². The topological polar surface area (TPSA) is 113 Å². The number of hydrogen-bond donors (Lipinski definition) is 3. The summed E-state index contributed by atoms with van der Waals surface area (Å²) in [7, 11) is 0. The average Bonchev–Trinajstić information content (AvgIpc) is 3.62. The number of H-pyrrole nitrogens is 1. The van der Waals surface area contributed by atoms with Crippen LogP contribution in [0.1, 0.15) is 39.1 Å². The van der Waals surface area contributed by atoms with Crippen molar-refractivity contribution < 1.29 is 4.79 Å². The number of hydrogen-bond acceptors (Lipinski definition) is 3. The van der Waals surface area contributed by atoms with E-state index >= 15 is 0 Å². The average molecular weight is 604 g/mol. The monoisotopic (exact) mass is 602 g/mol. The number of amidine groups is 1. The molecule has 1 amide bonds. The quantitative estimate of drug-likeness (QED) is 0.133. The summed E-state index contributed by atoms with van der Waals surface area (Å²) in [5, 5.41) is 10.00. The molecule has 0 radical (unpaired) electrons. The van der Waals surface area contributed by atoms with Gasteiger partial charge in [0.1, 0.15) is 11.5 Å². The van der Waals surface area contributed by atoms with Gasteiger partial charge in [-0.15, -0.1) is 0 Å². The Morgan fingerprint density at radius 1 is 0.977 bits per heavy atom. The van der Waals surface area contributed by atoms with Crippen LogP contribution in [0.5, 0.6) is 0 Å². The summed E-state index contributed by atoms with van der Waals surface area (Å²) in [4.78, 5) is 26.5. The summed E-state index contributed by atoms with van der Waals surface area (Å²) in [6.45, 7) is 0. The van der Waals surface area contributed by atoms with Gasteiger partial charge in [-0.3, -0.25) is 4.79 Å². The second kappa shape index (κ2) is 10.7. The van der Waals surface area contributed by atoms with Crippen LogP contribution in [0.3, 0.4) is 0 Å². The molecule has 9 heteroatoms. The van der Waals surface area contributed by atoms with Gasteiger partial charge in [-0.1, -0.05) is 96.0 Å². The van der Waals surface area contributed by atoms with E-state index in [1.165, 1.54) is 6.21 Å². The molecule has 1 aliphatic heterocycles. The summed E-state index contributed by atoms with van der Waals surface area (Å²) in [5.41, 5.74) is 13.1. The highest BCUT2D eigenvalue weighted by Crippen LogP contribution is 2.49. The molecule has 1 aliphatic rings. The minimum atomic E-state index is -0.643. The largest absolute Gasteiger partial charge is 0.386 e. The van der Waals surface area contributed by atoms with Gasteiger partial charge < -0.3 is 20.7 Å². The number of nitrogens with two attached hydrogens (primary N) is 1. The second-order valence-electron chi connectivity index (χ2n) is 10.4. The maximum atomic E-state index is 14.0. The van der Waals surface area contributed by atoms with Gasteiger partial charge in [-0.05, 0) is 41.0 Å². The Hall–Kier alpha value is -4.98. The van der Waals surface area contributed by atoms with E-state index in [-0.39, 0.29) is 17.6 Å². The highest BCUT2D eigenvalue weighted by Gasteiger charge is 2.36. The summed E-state index contributed by atoms with van der Waals surface area (Å²) in [6, 6.07) is 30.3. The Kier molecular flexibility index (Phi) is 6.69. The normalized spacial score (nSPS) is 14.8. The van der Waals surface area contributed by atoms with Gasteiger partial charge in [-0.25, -0.2) is 4.98 Å². The molecule has 0 spiro atoms. The zero-order valence-corrected chi connectivity index (χ0v) is 24.1. The lowest BCUT2D eigenvalue weighted by atomic mass is 9.88. The molecule has 4 aromatic carbocycles. The third-order valence-corrected chi connectivity index (χ3v) is 8.29. The Morgan fingerprint density at radius 3 is 2.37 bits per heavy atom. The predicted molar refractivity (Wildman–Crippen MR) is 173 cm³/mol. The van der Waals surface area contributed by atoms with E-state index < -0.39 is 11.8 Å². The number of carbonyl (C=O) groups is 1. The summed E-state index contributed by atoms with van der Waals surface area (Å²) in [5.74, 6) is -1.16. The van der Waals surface area contributed by atoms with Crippen LogP contribution in [0.4, 0.5) is 0 Å². The molecule has 0 saturated carbocycles. The molecule has 6 aromatic rings. The highest BCUT2D eigenvalue weighted by molar-refractivity contribution is 6.32. The SMILES string of the molecule is N=CC(C(N)=NC(=O)c1[nH]c2cc(Cl)cc3c2c1-c1c(-c2ccccc2)ncn1C3c1ccc(Cl)cc1)c1ccccc1. The highest BCUT2D eigenvalue weighted by atomic mass is 35.5. The molecule has 0 saturated heterocycles. The molecule has 2 atom stereocenters. The number of rotatable bonds is 6. The number of carbonyl (C=O) groups excluding carboxylic acids is 1. The maximum Gasteiger partial charge on any atom is 0.295 e. The second-order valence-corrected chi connectivity index (χ2v) is 11.2.